The van der Waals surface area contributed by atoms with Crippen LogP contribution in [0.4, 0.5) is 4.79 Å². The van der Waals surface area contributed by atoms with Crippen LogP contribution in [0.2, 0.25) is 0 Å². The Hall–Kier alpha value is -1.30. The molecule has 1 unspecified atom stereocenters. The number of nitrogens with one attached hydrogen (secondary N) is 1. The summed E-state index contributed by atoms with van der Waals surface area (Å²) >= 11 is 0. The lowest BCUT2D eigenvalue weighted by Crippen LogP contribution is -2.57. The number of hydrogen-bond acceptors (Lipinski definition) is 3. The smallest absolute Gasteiger partial charge is 0.317 e. The normalized spacial score (nSPS) is 28.9. The van der Waals surface area contributed by atoms with Crippen molar-refractivity contribution >= 4 is 12.0 Å². The van der Waals surface area contributed by atoms with Gasteiger partial charge in [0.15, 0.2) is 0 Å². The van der Waals surface area contributed by atoms with E-state index in [1.54, 1.807) is 0 Å². The van der Waals surface area contributed by atoms with Crippen molar-refractivity contribution in [2.75, 3.05) is 26.2 Å². The summed E-state index contributed by atoms with van der Waals surface area (Å²) in [6.45, 7) is 3.82. The molecule has 0 aromatic carbocycles. The fourth-order valence-electron chi connectivity index (χ4n) is 2.15. The summed E-state index contributed by atoms with van der Waals surface area (Å²) in [5, 5.41) is 11.5. The minimum absolute atomic E-state index is 0.195. The number of hydrogen-bond donors (Lipinski definition) is 2. The molecule has 2 rings (SSSR count). The molecular formula is C11H18N2O4. The van der Waals surface area contributed by atoms with E-state index in [-0.39, 0.29) is 11.6 Å². The summed E-state index contributed by atoms with van der Waals surface area (Å²) in [6, 6.07) is -0.195. The fraction of sp³-hybridized carbons (Fsp3) is 0.818. The van der Waals surface area contributed by atoms with E-state index in [4.69, 9.17) is 9.84 Å². The van der Waals surface area contributed by atoms with Crippen LogP contribution in [0.25, 0.3) is 0 Å². The summed E-state index contributed by atoms with van der Waals surface area (Å²) < 4.78 is 5.55. The number of aliphatic carboxylic acids is 1. The molecule has 2 N–H and O–H groups in total. The van der Waals surface area contributed by atoms with E-state index in [0.717, 1.165) is 19.4 Å². The van der Waals surface area contributed by atoms with Crippen molar-refractivity contribution in [1.82, 2.24) is 10.2 Å². The van der Waals surface area contributed by atoms with Crippen molar-refractivity contribution in [3.8, 4) is 0 Å². The Balaban J connectivity index is 1.70. The van der Waals surface area contributed by atoms with Crippen molar-refractivity contribution in [2.45, 2.75) is 25.4 Å². The molecule has 0 spiro atoms. The Morgan fingerprint density at radius 2 is 2.24 bits per heavy atom. The predicted octanol–water partition coefficient (Wildman–Crippen LogP) is 0.281. The van der Waals surface area contributed by atoms with Gasteiger partial charge in [-0.05, 0) is 19.8 Å². The monoisotopic (exact) mass is 242 g/mol. The first-order valence-corrected chi connectivity index (χ1v) is 5.90. The van der Waals surface area contributed by atoms with Crippen LogP contribution in [-0.4, -0.2) is 53.8 Å². The van der Waals surface area contributed by atoms with E-state index in [9.17, 15) is 9.59 Å². The summed E-state index contributed by atoms with van der Waals surface area (Å²) in [5.41, 5.74) is -0.257. The van der Waals surface area contributed by atoms with E-state index in [1.165, 1.54) is 4.90 Å². The van der Waals surface area contributed by atoms with Gasteiger partial charge in [0.1, 0.15) is 0 Å². The molecule has 2 aliphatic rings. The van der Waals surface area contributed by atoms with Crippen LogP contribution in [0.3, 0.4) is 0 Å². The van der Waals surface area contributed by atoms with Crippen LogP contribution in [0.15, 0.2) is 0 Å². The van der Waals surface area contributed by atoms with Gasteiger partial charge < -0.3 is 20.1 Å². The maximum atomic E-state index is 11.7. The summed E-state index contributed by atoms with van der Waals surface area (Å²) in [7, 11) is 0. The van der Waals surface area contributed by atoms with Gasteiger partial charge in [-0.3, -0.25) is 4.79 Å². The molecular weight excluding hydrogens is 224 g/mol. The Morgan fingerprint density at radius 3 is 2.76 bits per heavy atom. The second kappa shape index (κ2) is 4.52. The number of carbonyl (C=O) groups excluding carboxylic acids is 1. The Morgan fingerprint density at radius 1 is 1.53 bits per heavy atom. The molecule has 6 nitrogen and oxygen atoms in total. The van der Waals surface area contributed by atoms with Crippen LogP contribution in [0.5, 0.6) is 0 Å². The van der Waals surface area contributed by atoms with Crippen molar-refractivity contribution in [3.63, 3.8) is 0 Å². The molecule has 0 aromatic rings. The molecule has 0 aromatic heterocycles. The molecule has 0 bridgehead atoms. The molecule has 96 valence electrons. The first-order chi connectivity index (χ1) is 8.00. The maximum absolute atomic E-state index is 11.7. The van der Waals surface area contributed by atoms with Gasteiger partial charge >= 0.3 is 12.0 Å². The van der Waals surface area contributed by atoms with E-state index in [2.05, 4.69) is 5.32 Å². The minimum Gasteiger partial charge on any atom is -0.481 e. The predicted molar refractivity (Wildman–Crippen MR) is 59.7 cm³/mol. The molecule has 2 fully saturated rings. The van der Waals surface area contributed by atoms with Gasteiger partial charge in [-0.25, -0.2) is 4.79 Å². The van der Waals surface area contributed by atoms with E-state index < -0.39 is 11.9 Å². The molecule has 0 radical (unpaired) electrons. The van der Waals surface area contributed by atoms with Gasteiger partial charge in [-0.15, -0.1) is 0 Å². The van der Waals surface area contributed by atoms with Crippen LogP contribution < -0.4 is 5.32 Å². The Kier molecular flexibility index (Phi) is 3.24. The van der Waals surface area contributed by atoms with Gasteiger partial charge in [-0.1, -0.05) is 0 Å². The highest BCUT2D eigenvalue weighted by molar-refractivity contribution is 5.79. The van der Waals surface area contributed by atoms with Gasteiger partial charge in [0.2, 0.25) is 0 Å². The number of likely N-dealkylation sites (tertiary alicyclic amines) is 1. The zero-order valence-corrected chi connectivity index (χ0v) is 9.94. The van der Waals surface area contributed by atoms with Crippen LogP contribution in [0.1, 0.15) is 19.8 Å². The molecule has 0 saturated carbocycles. The largest absolute Gasteiger partial charge is 0.481 e. The second-order valence-electron chi connectivity index (χ2n) is 5.00. The van der Waals surface area contributed by atoms with Crippen LogP contribution in [-0.2, 0) is 9.53 Å². The average molecular weight is 242 g/mol. The summed E-state index contributed by atoms with van der Waals surface area (Å²) in [6.07, 6.45) is 1.97. The maximum Gasteiger partial charge on any atom is 0.317 e. The zero-order chi connectivity index (χ0) is 12.5. The number of amides is 2. The summed E-state index contributed by atoms with van der Waals surface area (Å²) in [5.74, 6) is -1.24. The van der Waals surface area contributed by atoms with Crippen molar-refractivity contribution in [3.05, 3.63) is 0 Å². The van der Waals surface area contributed by atoms with Gasteiger partial charge in [0.25, 0.3) is 0 Å². The number of carbonyl (C=O) groups is 2. The molecule has 6 heteroatoms. The average Bonchev–Trinajstić information content (AvgIpc) is 2.60. The number of rotatable bonds is 3. The highest BCUT2D eigenvalue weighted by Crippen LogP contribution is 2.24. The van der Waals surface area contributed by atoms with Crippen molar-refractivity contribution < 1.29 is 19.4 Å². The highest BCUT2D eigenvalue weighted by Gasteiger charge is 2.37. The number of nitrogens with zero attached hydrogens (tertiary/aromatic N) is 1. The quantitative estimate of drug-likeness (QED) is 0.745. The molecule has 1 atom stereocenters. The molecule has 2 heterocycles. The molecule has 2 saturated heterocycles. The Labute approximate surface area is 99.9 Å². The van der Waals surface area contributed by atoms with E-state index >= 15 is 0 Å². The van der Waals surface area contributed by atoms with Gasteiger partial charge in [-0.2, -0.15) is 0 Å². The van der Waals surface area contributed by atoms with Gasteiger partial charge in [0.05, 0.1) is 11.5 Å². The minimum atomic E-state index is -0.833. The first kappa shape index (κ1) is 12.2. The molecule has 2 aliphatic heterocycles. The SMILES string of the molecule is CC1(CNC(=O)N2CC(C(=O)O)C2)CCCO1. The number of carboxylic acids is 1. The lowest BCUT2D eigenvalue weighted by molar-refractivity contribution is -0.146. The third kappa shape index (κ3) is 2.69. The topological polar surface area (TPSA) is 78.9 Å². The third-order valence-corrected chi connectivity index (χ3v) is 3.43. The third-order valence-electron chi connectivity index (χ3n) is 3.43. The highest BCUT2D eigenvalue weighted by atomic mass is 16.5. The standard InChI is InChI=1S/C11H18N2O4/c1-11(3-2-4-17-11)7-12-10(16)13-5-8(6-13)9(14)15/h8H,2-7H2,1H3,(H,12,16)(H,14,15). The lowest BCUT2D eigenvalue weighted by atomic mass is 10.0. The Bertz CT molecular complexity index is 319. The number of urea groups is 1. The van der Waals surface area contributed by atoms with Crippen LogP contribution >= 0.6 is 0 Å². The number of ether oxygens (including phenoxy) is 1. The fourth-order valence-corrected chi connectivity index (χ4v) is 2.15. The van der Waals surface area contributed by atoms with Gasteiger partial charge in [0, 0.05) is 26.2 Å². The van der Waals surface area contributed by atoms with Crippen molar-refractivity contribution in [2.24, 2.45) is 5.92 Å². The number of carboxylic acid groups (broad SMARTS) is 1. The molecule has 17 heavy (non-hydrogen) atoms. The zero-order valence-electron chi connectivity index (χ0n) is 9.94. The lowest BCUT2D eigenvalue weighted by Gasteiger charge is -2.37. The second-order valence-corrected chi connectivity index (χ2v) is 5.00. The molecule has 2 amide bonds. The van der Waals surface area contributed by atoms with E-state index in [1.807, 2.05) is 6.92 Å². The van der Waals surface area contributed by atoms with Crippen molar-refractivity contribution in [1.29, 1.82) is 0 Å². The van der Waals surface area contributed by atoms with Crippen LogP contribution in [0, 0.1) is 5.92 Å². The first-order valence-electron chi connectivity index (χ1n) is 5.90. The summed E-state index contributed by atoms with van der Waals surface area (Å²) in [4.78, 5) is 23.8. The van der Waals surface area contributed by atoms with E-state index in [0.29, 0.717) is 19.6 Å². The molecule has 0 aliphatic carbocycles.